The highest BCUT2D eigenvalue weighted by atomic mass is 127. The number of ether oxygens (including phenoxy) is 2. The number of thioether (sulfide) groups is 1. The number of halogens is 1. The average molecular weight is 481 g/mol. The molecule has 0 amide bonds. The number of rotatable bonds is 11. The number of hydrogen-bond donors (Lipinski definition) is 2. The van der Waals surface area contributed by atoms with Gasteiger partial charge in [-0.15, -0.1) is 35.7 Å². The van der Waals surface area contributed by atoms with Crippen molar-refractivity contribution in [2.45, 2.75) is 25.2 Å². The Bertz CT molecular complexity index is 489. The van der Waals surface area contributed by atoms with Crippen molar-refractivity contribution in [3.63, 3.8) is 0 Å². The average Bonchev–Trinajstić information content (AvgIpc) is 2.61. The Hall–Kier alpha value is -0.670. The first-order chi connectivity index (χ1) is 11.7. The van der Waals surface area contributed by atoms with Crippen molar-refractivity contribution in [1.82, 2.24) is 10.6 Å². The first-order valence-corrected chi connectivity index (χ1v) is 9.46. The summed E-state index contributed by atoms with van der Waals surface area (Å²) in [6, 6.07) is 8.13. The zero-order chi connectivity index (χ0) is 17.6. The normalized spacial score (nSPS) is 12.2. The molecule has 0 saturated heterocycles. The van der Waals surface area contributed by atoms with Crippen molar-refractivity contribution in [3.05, 3.63) is 24.3 Å². The van der Waals surface area contributed by atoms with Crippen LogP contribution in [-0.4, -0.2) is 52.2 Å². The molecule has 1 aromatic carbocycles. The molecule has 25 heavy (non-hydrogen) atoms. The summed E-state index contributed by atoms with van der Waals surface area (Å²) in [5.41, 5.74) is 0. The molecule has 0 saturated carbocycles. The Balaban J connectivity index is 0.00000576. The predicted octanol–water partition coefficient (Wildman–Crippen LogP) is 3.63. The van der Waals surface area contributed by atoms with Crippen LogP contribution in [0.2, 0.25) is 0 Å². The summed E-state index contributed by atoms with van der Waals surface area (Å²) in [5.74, 6) is 3.30. The van der Waals surface area contributed by atoms with Crippen LogP contribution in [-0.2, 0) is 4.74 Å². The first-order valence-electron chi connectivity index (χ1n) is 8.48. The summed E-state index contributed by atoms with van der Waals surface area (Å²) in [7, 11) is 3.44. The predicted molar refractivity (Wildman–Crippen MR) is 119 cm³/mol. The van der Waals surface area contributed by atoms with Gasteiger partial charge in [0.1, 0.15) is 5.75 Å². The molecule has 7 heteroatoms. The van der Waals surface area contributed by atoms with Crippen molar-refractivity contribution in [3.8, 4) is 5.75 Å². The van der Waals surface area contributed by atoms with Crippen LogP contribution in [0.25, 0.3) is 0 Å². The highest BCUT2D eigenvalue weighted by molar-refractivity contribution is 14.0. The van der Waals surface area contributed by atoms with Gasteiger partial charge in [-0.05, 0) is 31.4 Å². The van der Waals surface area contributed by atoms with Gasteiger partial charge < -0.3 is 20.1 Å². The zero-order valence-corrected chi connectivity index (χ0v) is 18.9. The number of aliphatic imine (C=N–C) groups is 1. The molecule has 1 atom stereocenters. The molecule has 0 spiro atoms. The lowest BCUT2D eigenvalue weighted by atomic mass is 10.2. The number of methoxy groups -OCH3 is 2. The van der Waals surface area contributed by atoms with Crippen LogP contribution in [0, 0.1) is 5.92 Å². The van der Waals surface area contributed by atoms with E-state index in [4.69, 9.17) is 9.47 Å². The molecule has 5 nitrogen and oxygen atoms in total. The van der Waals surface area contributed by atoms with Crippen molar-refractivity contribution < 1.29 is 9.47 Å². The van der Waals surface area contributed by atoms with E-state index in [0.717, 1.165) is 50.1 Å². The molecular formula is C18H32IN3O2S. The van der Waals surface area contributed by atoms with Crippen molar-refractivity contribution in [1.29, 1.82) is 0 Å². The third-order valence-electron chi connectivity index (χ3n) is 3.32. The maximum atomic E-state index is 5.39. The Morgan fingerprint density at radius 1 is 1.24 bits per heavy atom. The lowest BCUT2D eigenvalue weighted by molar-refractivity contribution is 0.195. The molecule has 0 heterocycles. The molecule has 0 bridgehead atoms. The maximum absolute atomic E-state index is 5.39. The molecular weight excluding hydrogens is 449 g/mol. The van der Waals surface area contributed by atoms with Gasteiger partial charge in [-0.3, -0.25) is 4.99 Å². The third-order valence-corrected chi connectivity index (χ3v) is 4.70. The molecule has 0 radical (unpaired) electrons. The molecule has 2 N–H and O–H groups in total. The van der Waals surface area contributed by atoms with Crippen molar-refractivity contribution in [2.75, 3.05) is 46.2 Å². The van der Waals surface area contributed by atoms with Crippen molar-refractivity contribution >= 4 is 41.7 Å². The summed E-state index contributed by atoms with van der Waals surface area (Å²) in [6.45, 7) is 7.58. The molecule has 0 aliphatic carbocycles. The van der Waals surface area contributed by atoms with E-state index in [1.807, 2.05) is 30.0 Å². The number of hydrogen-bond acceptors (Lipinski definition) is 4. The van der Waals surface area contributed by atoms with Gasteiger partial charge in [0, 0.05) is 44.0 Å². The smallest absolute Gasteiger partial charge is 0.191 e. The van der Waals surface area contributed by atoms with Crippen LogP contribution in [0.1, 0.15) is 20.3 Å². The second-order valence-corrected chi connectivity index (χ2v) is 6.62. The Kier molecular flexibility index (Phi) is 15.2. The molecule has 0 aliphatic rings. The van der Waals surface area contributed by atoms with E-state index in [-0.39, 0.29) is 24.0 Å². The van der Waals surface area contributed by atoms with Crippen LogP contribution >= 0.6 is 35.7 Å². The van der Waals surface area contributed by atoms with E-state index in [1.54, 1.807) is 14.2 Å². The molecule has 0 aliphatic heterocycles. The van der Waals surface area contributed by atoms with Crippen LogP contribution in [0.5, 0.6) is 5.75 Å². The van der Waals surface area contributed by atoms with Gasteiger partial charge in [0.15, 0.2) is 5.96 Å². The molecule has 1 aromatic rings. The Morgan fingerprint density at radius 3 is 2.68 bits per heavy atom. The number of nitrogens with one attached hydrogen (secondary N) is 2. The van der Waals surface area contributed by atoms with Crippen LogP contribution in [0.4, 0.5) is 0 Å². The van der Waals surface area contributed by atoms with Gasteiger partial charge in [0.2, 0.25) is 0 Å². The fourth-order valence-corrected chi connectivity index (χ4v) is 3.07. The van der Waals surface area contributed by atoms with Crippen LogP contribution in [0.3, 0.4) is 0 Å². The minimum Gasteiger partial charge on any atom is -0.496 e. The van der Waals surface area contributed by atoms with Gasteiger partial charge in [-0.1, -0.05) is 19.1 Å². The minimum absolute atomic E-state index is 0. The summed E-state index contributed by atoms with van der Waals surface area (Å²) in [6.07, 6.45) is 0.972. The maximum Gasteiger partial charge on any atom is 0.191 e. The third kappa shape index (κ3) is 10.8. The molecule has 1 unspecified atom stereocenters. The van der Waals surface area contributed by atoms with E-state index in [9.17, 15) is 0 Å². The van der Waals surface area contributed by atoms with Gasteiger partial charge in [0.25, 0.3) is 0 Å². The van der Waals surface area contributed by atoms with E-state index >= 15 is 0 Å². The lowest BCUT2D eigenvalue weighted by Gasteiger charge is -2.14. The standard InChI is InChI=1S/C18H31N3O2S.HI/c1-5-19-18(20-11-8-12-22-3)21-13-15(2)14-24-17-10-7-6-9-16(17)23-4;/h6-7,9-10,15H,5,8,11-14H2,1-4H3,(H2,19,20,21);1H. The second-order valence-electron chi connectivity index (χ2n) is 5.56. The first kappa shape index (κ1) is 24.3. The fraction of sp³-hybridized carbons (Fsp3) is 0.611. The Morgan fingerprint density at radius 2 is 2.00 bits per heavy atom. The SMILES string of the molecule is CCNC(=NCC(C)CSc1ccccc1OC)NCCCOC.I. The summed E-state index contributed by atoms with van der Waals surface area (Å²) in [4.78, 5) is 5.86. The van der Waals surface area contributed by atoms with E-state index in [2.05, 4.69) is 35.5 Å². The molecule has 0 aromatic heterocycles. The van der Waals surface area contributed by atoms with Crippen LogP contribution in [0.15, 0.2) is 34.2 Å². The highest BCUT2D eigenvalue weighted by Gasteiger charge is 2.07. The monoisotopic (exact) mass is 481 g/mol. The van der Waals surface area contributed by atoms with Crippen LogP contribution < -0.4 is 15.4 Å². The Labute approximate surface area is 173 Å². The topological polar surface area (TPSA) is 54.9 Å². The largest absolute Gasteiger partial charge is 0.496 e. The zero-order valence-electron chi connectivity index (χ0n) is 15.7. The van der Waals surface area contributed by atoms with E-state index in [1.165, 1.54) is 4.90 Å². The highest BCUT2D eigenvalue weighted by Crippen LogP contribution is 2.29. The lowest BCUT2D eigenvalue weighted by Crippen LogP contribution is -2.38. The van der Waals surface area contributed by atoms with Crippen molar-refractivity contribution in [2.24, 2.45) is 10.9 Å². The van der Waals surface area contributed by atoms with Gasteiger partial charge >= 0.3 is 0 Å². The number of nitrogens with zero attached hydrogens (tertiary/aromatic N) is 1. The summed E-state index contributed by atoms with van der Waals surface area (Å²) < 4.78 is 10.5. The second kappa shape index (κ2) is 15.6. The number of para-hydroxylation sites is 1. The number of benzene rings is 1. The molecule has 0 fully saturated rings. The van der Waals surface area contributed by atoms with Gasteiger partial charge in [-0.2, -0.15) is 0 Å². The quantitative estimate of drug-likeness (QED) is 0.166. The molecule has 144 valence electrons. The van der Waals surface area contributed by atoms with E-state index in [0.29, 0.717) is 5.92 Å². The minimum atomic E-state index is 0. The van der Waals surface area contributed by atoms with Gasteiger partial charge in [0.05, 0.1) is 7.11 Å². The molecule has 1 rings (SSSR count). The van der Waals surface area contributed by atoms with E-state index < -0.39 is 0 Å². The summed E-state index contributed by atoms with van der Waals surface area (Å²) in [5, 5.41) is 6.61. The summed E-state index contributed by atoms with van der Waals surface area (Å²) >= 11 is 1.82. The van der Waals surface area contributed by atoms with Gasteiger partial charge in [-0.25, -0.2) is 0 Å². The number of guanidine groups is 1. The fourth-order valence-electron chi connectivity index (χ4n) is 2.03.